The van der Waals surface area contributed by atoms with Crippen molar-refractivity contribution in [2.24, 2.45) is 0 Å². The van der Waals surface area contributed by atoms with Crippen molar-refractivity contribution in [2.45, 2.75) is 142 Å². The zero-order chi connectivity index (χ0) is 24.3. The predicted octanol–water partition coefficient (Wildman–Crippen LogP) is 9.58. The van der Waals surface area contributed by atoms with Crippen LogP contribution in [0.2, 0.25) is 0 Å². The summed E-state index contributed by atoms with van der Waals surface area (Å²) in [6, 6.07) is 10.3. The van der Waals surface area contributed by atoms with E-state index in [9.17, 15) is 0 Å². The van der Waals surface area contributed by atoms with Crippen LogP contribution in [0.15, 0.2) is 24.3 Å². The Labute approximate surface area is 211 Å². The average Bonchev–Trinajstić information content (AvgIpc) is 2.94. The van der Waals surface area contributed by atoms with Crippen molar-refractivity contribution in [1.82, 2.24) is 0 Å². The molecule has 0 heterocycles. The highest BCUT2D eigenvalue weighted by atomic mass is 14.3. The highest BCUT2D eigenvalue weighted by molar-refractivity contribution is 5.51. The van der Waals surface area contributed by atoms with E-state index >= 15 is 0 Å². The van der Waals surface area contributed by atoms with Crippen LogP contribution in [0.25, 0.3) is 0 Å². The largest absolute Gasteiger partial charge is 0.0561 e. The van der Waals surface area contributed by atoms with Crippen LogP contribution in [-0.4, -0.2) is 0 Å². The first-order chi connectivity index (χ1) is 16.1. The molecule has 2 bridgehead atoms. The van der Waals surface area contributed by atoms with Crippen molar-refractivity contribution < 1.29 is 0 Å². The lowest BCUT2D eigenvalue weighted by Gasteiger charge is -2.25. The fourth-order valence-corrected chi connectivity index (χ4v) is 6.19. The van der Waals surface area contributed by atoms with E-state index in [1.54, 1.807) is 33.4 Å². The van der Waals surface area contributed by atoms with E-state index < -0.39 is 0 Å². The van der Waals surface area contributed by atoms with Crippen LogP contribution in [0.3, 0.4) is 0 Å². The lowest BCUT2D eigenvalue weighted by molar-refractivity contribution is 0.556. The van der Waals surface area contributed by atoms with Crippen LogP contribution in [0.1, 0.15) is 144 Å². The van der Waals surface area contributed by atoms with Gasteiger partial charge in [0.25, 0.3) is 0 Å². The molecular formula is C34H50. The molecule has 0 nitrogen and oxygen atoms in total. The van der Waals surface area contributed by atoms with Gasteiger partial charge in [-0.3, -0.25) is 0 Å². The van der Waals surface area contributed by atoms with E-state index in [1.165, 1.54) is 94.6 Å². The van der Waals surface area contributed by atoms with Gasteiger partial charge in [0, 0.05) is 0 Å². The van der Waals surface area contributed by atoms with Crippen LogP contribution < -0.4 is 0 Å². The van der Waals surface area contributed by atoms with E-state index in [0.717, 1.165) is 6.42 Å². The summed E-state index contributed by atoms with van der Waals surface area (Å²) in [4.78, 5) is 0. The lowest BCUT2D eigenvalue weighted by Crippen LogP contribution is -2.14. The minimum Gasteiger partial charge on any atom is -0.0561 e. The monoisotopic (exact) mass is 458 g/mol. The zero-order valence-corrected chi connectivity index (χ0v) is 23.2. The van der Waals surface area contributed by atoms with Gasteiger partial charge in [0.2, 0.25) is 0 Å². The molecule has 0 heteroatoms. The minimum absolute atomic E-state index is 0.203. The Hall–Kier alpha value is -1.56. The molecule has 2 aliphatic rings. The Kier molecular flexibility index (Phi) is 7.95. The molecule has 186 valence electrons. The van der Waals surface area contributed by atoms with Gasteiger partial charge in [-0.1, -0.05) is 111 Å². The molecule has 0 radical (unpaired) electrons. The van der Waals surface area contributed by atoms with E-state index in [1.807, 2.05) is 0 Å². The molecule has 0 amide bonds. The van der Waals surface area contributed by atoms with Crippen molar-refractivity contribution in [3.8, 4) is 0 Å². The van der Waals surface area contributed by atoms with Crippen LogP contribution in [-0.2, 0) is 42.9 Å². The van der Waals surface area contributed by atoms with Crippen molar-refractivity contribution in [1.29, 1.82) is 0 Å². The van der Waals surface area contributed by atoms with Gasteiger partial charge in [0.1, 0.15) is 0 Å². The maximum Gasteiger partial charge on any atom is -0.00199 e. The zero-order valence-electron chi connectivity index (χ0n) is 23.2. The molecule has 0 saturated heterocycles. The summed E-state index contributed by atoms with van der Waals surface area (Å²) in [6.07, 6.45) is 18.7. The molecule has 0 atom stereocenters. The van der Waals surface area contributed by atoms with Gasteiger partial charge in [-0.25, -0.2) is 0 Å². The molecule has 2 aliphatic carbocycles. The first kappa shape index (κ1) is 25.5. The molecule has 0 aliphatic heterocycles. The van der Waals surface area contributed by atoms with Gasteiger partial charge in [-0.2, -0.15) is 0 Å². The first-order valence-electron chi connectivity index (χ1n) is 14.4. The van der Waals surface area contributed by atoms with Gasteiger partial charge < -0.3 is 0 Å². The third-order valence-corrected chi connectivity index (χ3v) is 8.50. The average molecular weight is 459 g/mol. The summed E-state index contributed by atoms with van der Waals surface area (Å²) in [6.45, 7) is 14.3. The fraction of sp³-hybridized carbons (Fsp3) is 0.647. The molecule has 0 aromatic heterocycles. The van der Waals surface area contributed by atoms with Crippen LogP contribution in [0.4, 0.5) is 0 Å². The maximum atomic E-state index is 2.59. The molecular weight excluding hydrogens is 408 g/mol. The quantitative estimate of drug-likeness (QED) is 0.368. The van der Waals surface area contributed by atoms with Gasteiger partial charge in [-0.05, 0) is 100 Å². The fourth-order valence-electron chi connectivity index (χ4n) is 6.19. The third-order valence-electron chi connectivity index (χ3n) is 8.50. The minimum atomic E-state index is 0.203. The van der Waals surface area contributed by atoms with E-state index in [2.05, 4.69) is 65.8 Å². The standard InChI is InChI=1S/C34H50/c1-33(2,3)29-21-25-16-14-12-10-8-7-9-11-13-15-17-26-22-30(34(4,5)6)24-28-20-27(23-29)31(25)18-19-32(26)28/h21-24H,7-20H2,1-6H3. The molecule has 0 unspecified atom stereocenters. The van der Waals surface area contributed by atoms with Crippen molar-refractivity contribution in [3.63, 3.8) is 0 Å². The second-order valence-electron chi connectivity index (χ2n) is 13.4. The van der Waals surface area contributed by atoms with Crippen molar-refractivity contribution in [3.05, 3.63) is 68.8 Å². The topological polar surface area (TPSA) is 0 Å². The summed E-state index contributed by atoms with van der Waals surface area (Å²) in [5.41, 5.74) is 13.4. The number of hydrogen-bond acceptors (Lipinski definition) is 0. The van der Waals surface area contributed by atoms with Gasteiger partial charge in [-0.15, -0.1) is 0 Å². The highest BCUT2D eigenvalue weighted by Gasteiger charge is 2.25. The van der Waals surface area contributed by atoms with Crippen LogP contribution >= 0.6 is 0 Å². The number of benzene rings is 2. The smallest absolute Gasteiger partial charge is 0.00199 e. The molecule has 2 aromatic carbocycles. The van der Waals surface area contributed by atoms with Gasteiger partial charge >= 0.3 is 0 Å². The molecule has 2 aromatic rings. The first-order valence-corrected chi connectivity index (χ1v) is 14.4. The van der Waals surface area contributed by atoms with Crippen LogP contribution in [0, 0.1) is 0 Å². The normalized spacial score (nSPS) is 18.4. The van der Waals surface area contributed by atoms with Crippen molar-refractivity contribution >= 4 is 0 Å². The molecule has 34 heavy (non-hydrogen) atoms. The number of fused-ring (bicyclic) bond motifs is 1. The molecule has 0 fully saturated rings. The maximum absolute atomic E-state index is 2.59. The Morgan fingerprint density at radius 1 is 0.412 bits per heavy atom. The highest BCUT2D eigenvalue weighted by Crippen LogP contribution is 2.36. The molecule has 0 N–H and O–H groups in total. The molecule has 0 spiro atoms. The predicted molar refractivity (Wildman–Crippen MR) is 149 cm³/mol. The summed E-state index contributed by atoms with van der Waals surface area (Å²) in [5, 5.41) is 0. The number of rotatable bonds is 0. The lowest BCUT2D eigenvalue weighted by atomic mass is 9.80. The Morgan fingerprint density at radius 3 is 1.09 bits per heavy atom. The Balaban J connectivity index is 1.80. The third kappa shape index (κ3) is 6.16. The molecule has 4 rings (SSSR count). The number of aryl methyl sites for hydroxylation is 2. The van der Waals surface area contributed by atoms with Crippen LogP contribution in [0.5, 0.6) is 0 Å². The van der Waals surface area contributed by atoms with Gasteiger partial charge in [0.15, 0.2) is 0 Å². The summed E-state index contributed by atoms with van der Waals surface area (Å²) >= 11 is 0. The summed E-state index contributed by atoms with van der Waals surface area (Å²) in [5.74, 6) is 0. The number of hydrogen-bond donors (Lipinski definition) is 0. The second-order valence-corrected chi connectivity index (χ2v) is 13.4. The van der Waals surface area contributed by atoms with Gasteiger partial charge in [0.05, 0.1) is 0 Å². The Morgan fingerprint density at radius 2 is 0.735 bits per heavy atom. The Bertz CT molecular complexity index is 897. The SMILES string of the molecule is CC(C)(C)c1cc2c3c(c1)Cc1cc(C(C)(C)C)cc(c1CC3)CCCCCCCCCCC2. The van der Waals surface area contributed by atoms with E-state index in [0.29, 0.717) is 0 Å². The van der Waals surface area contributed by atoms with Crippen molar-refractivity contribution in [2.75, 3.05) is 0 Å². The second kappa shape index (κ2) is 10.6. The van der Waals surface area contributed by atoms with E-state index in [4.69, 9.17) is 0 Å². The van der Waals surface area contributed by atoms with E-state index in [-0.39, 0.29) is 10.8 Å². The molecule has 0 saturated carbocycles. The summed E-state index contributed by atoms with van der Waals surface area (Å²) < 4.78 is 0. The summed E-state index contributed by atoms with van der Waals surface area (Å²) in [7, 11) is 0.